The van der Waals surface area contributed by atoms with E-state index >= 15 is 0 Å². The molecule has 28 heavy (non-hydrogen) atoms. The van der Waals surface area contributed by atoms with E-state index in [1.54, 1.807) is 10.8 Å². The number of carboxylic acids is 1. The number of Topliss-reactive ketones (excluding diaryl/α,β-unsaturated/α-hetero) is 2. The fourth-order valence-electron chi connectivity index (χ4n) is 1.82. The van der Waals surface area contributed by atoms with Crippen molar-refractivity contribution in [2.24, 2.45) is 0 Å². The Kier molecular flexibility index (Phi) is 11.9. The number of aliphatic carboxylic acids is 1. The Morgan fingerprint density at radius 1 is 0.964 bits per heavy atom. The van der Waals surface area contributed by atoms with E-state index < -0.39 is 30.0 Å². The molecule has 11 heteroatoms. The summed E-state index contributed by atoms with van der Waals surface area (Å²) in [5.41, 5.74) is 0. The zero-order valence-electron chi connectivity index (χ0n) is 16.8. The predicted octanol–water partition coefficient (Wildman–Crippen LogP) is 1.36. The molecular weight excluding hydrogens is 406 g/mol. The van der Waals surface area contributed by atoms with Crippen molar-refractivity contribution < 1.29 is 29.1 Å². The van der Waals surface area contributed by atoms with Crippen molar-refractivity contribution in [3.05, 3.63) is 0 Å². The van der Waals surface area contributed by atoms with Gasteiger partial charge in [0, 0.05) is 30.3 Å². The topological polar surface area (TPSA) is 142 Å². The number of hydrogen-bond donors (Lipinski definition) is 4. The number of ketones is 2. The maximum absolute atomic E-state index is 12.4. The van der Waals surface area contributed by atoms with Gasteiger partial charge in [-0.15, -0.1) is 0 Å². The van der Waals surface area contributed by atoms with Crippen molar-refractivity contribution in [3.63, 3.8) is 0 Å². The van der Waals surface area contributed by atoms with Crippen molar-refractivity contribution in [2.45, 2.75) is 64.3 Å². The molecule has 4 N–H and O–H groups in total. The molecule has 160 valence electrons. The highest BCUT2D eigenvalue weighted by atomic mass is 33.1. The summed E-state index contributed by atoms with van der Waals surface area (Å²) in [4.78, 5) is 57.7. The van der Waals surface area contributed by atoms with Crippen molar-refractivity contribution in [2.75, 3.05) is 12.3 Å². The summed E-state index contributed by atoms with van der Waals surface area (Å²) in [6.07, 6.45) is 0.115. The van der Waals surface area contributed by atoms with Gasteiger partial charge in [-0.1, -0.05) is 42.4 Å². The number of nitrogens with one attached hydrogen (secondary N) is 3. The van der Waals surface area contributed by atoms with Gasteiger partial charge in [0.05, 0.1) is 12.6 Å². The smallest absolute Gasteiger partial charge is 0.328 e. The Bertz CT molecular complexity index is 592. The summed E-state index contributed by atoms with van der Waals surface area (Å²) in [6.45, 7) is 8.28. The van der Waals surface area contributed by atoms with Gasteiger partial charge in [-0.05, 0) is 6.92 Å². The number of amides is 3. The molecule has 0 aliphatic heterocycles. The summed E-state index contributed by atoms with van der Waals surface area (Å²) in [5, 5.41) is 16.1. The first-order chi connectivity index (χ1) is 12.8. The highest BCUT2D eigenvalue weighted by molar-refractivity contribution is 8.77. The Morgan fingerprint density at radius 3 is 2.04 bits per heavy atom. The number of carbonyl (C=O) groups is 5. The maximum atomic E-state index is 12.4. The highest BCUT2D eigenvalue weighted by Crippen LogP contribution is 2.35. The lowest BCUT2D eigenvalue weighted by Gasteiger charge is -2.21. The number of hydrogen-bond acceptors (Lipinski definition) is 7. The van der Waals surface area contributed by atoms with Gasteiger partial charge < -0.3 is 25.9 Å². The summed E-state index contributed by atoms with van der Waals surface area (Å²) in [5.74, 6) is -1.92. The van der Waals surface area contributed by atoms with E-state index in [0.29, 0.717) is 5.75 Å². The van der Waals surface area contributed by atoms with Crippen LogP contribution in [0.2, 0.25) is 0 Å². The Hall–Kier alpha value is -1.75. The van der Waals surface area contributed by atoms with Crippen LogP contribution >= 0.6 is 21.6 Å². The third kappa shape index (κ3) is 13.4. The van der Waals surface area contributed by atoms with Crippen molar-refractivity contribution in [1.82, 2.24) is 16.0 Å². The van der Waals surface area contributed by atoms with Crippen molar-refractivity contribution in [3.8, 4) is 0 Å². The van der Waals surface area contributed by atoms with E-state index in [1.165, 1.54) is 24.6 Å². The van der Waals surface area contributed by atoms with Gasteiger partial charge >= 0.3 is 12.0 Å². The molecule has 0 fully saturated rings. The second-order valence-corrected chi connectivity index (χ2v) is 10.3. The van der Waals surface area contributed by atoms with Gasteiger partial charge in [0.25, 0.3) is 0 Å². The van der Waals surface area contributed by atoms with E-state index in [2.05, 4.69) is 16.0 Å². The van der Waals surface area contributed by atoms with Crippen LogP contribution in [0.4, 0.5) is 4.79 Å². The van der Waals surface area contributed by atoms with E-state index in [-0.39, 0.29) is 35.7 Å². The number of carbonyl (C=O) groups excluding carboxylic acids is 4. The normalized spacial score (nSPS) is 13.2. The Labute approximate surface area is 172 Å². The quantitative estimate of drug-likeness (QED) is 0.337. The molecule has 0 aromatic heterocycles. The van der Waals surface area contributed by atoms with Crippen molar-refractivity contribution in [1.29, 1.82) is 0 Å². The fourth-order valence-corrected chi connectivity index (χ4v) is 4.32. The maximum Gasteiger partial charge on any atom is 0.328 e. The summed E-state index contributed by atoms with van der Waals surface area (Å²) < 4.78 is -0.0347. The van der Waals surface area contributed by atoms with Crippen molar-refractivity contribution >= 4 is 51.1 Å². The summed E-state index contributed by atoms with van der Waals surface area (Å²) in [6, 6.07) is -2.82. The van der Waals surface area contributed by atoms with Crippen LogP contribution in [-0.4, -0.2) is 63.7 Å². The van der Waals surface area contributed by atoms with E-state index in [9.17, 15) is 24.0 Å². The van der Waals surface area contributed by atoms with E-state index in [0.717, 1.165) is 0 Å². The van der Waals surface area contributed by atoms with Gasteiger partial charge in [-0.2, -0.15) is 0 Å². The van der Waals surface area contributed by atoms with Gasteiger partial charge in [0.2, 0.25) is 5.91 Å². The predicted molar refractivity (Wildman–Crippen MR) is 110 cm³/mol. The first-order valence-corrected chi connectivity index (χ1v) is 11.0. The molecule has 0 rings (SSSR count). The van der Waals surface area contributed by atoms with Gasteiger partial charge in [0.1, 0.15) is 11.8 Å². The molecule has 0 aliphatic carbocycles. The van der Waals surface area contributed by atoms with Crippen LogP contribution in [0, 0.1) is 0 Å². The van der Waals surface area contributed by atoms with Gasteiger partial charge in [-0.25, -0.2) is 9.59 Å². The average molecular weight is 436 g/mol. The van der Waals surface area contributed by atoms with Crippen LogP contribution in [-0.2, 0) is 19.2 Å². The van der Waals surface area contributed by atoms with Crippen LogP contribution in [0.5, 0.6) is 0 Å². The molecule has 0 radical (unpaired) electrons. The monoisotopic (exact) mass is 435 g/mol. The molecule has 0 aliphatic rings. The molecule has 0 aromatic rings. The van der Waals surface area contributed by atoms with Crippen LogP contribution < -0.4 is 16.0 Å². The van der Waals surface area contributed by atoms with E-state index in [1.807, 2.05) is 20.8 Å². The van der Waals surface area contributed by atoms with E-state index in [4.69, 9.17) is 5.11 Å². The second kappa shape index (κ2) is 12.7. The molecule has 0 saturated carbocycles. The molecular formula is C17H29N3O6S2. The van der Waals surface area contributed by atoms with Crippen LogP contribution in [0.25, 0.3) is 0 Å². The number of rotatable bonds is 12. The molecule has 3 amide bonds. The first-order valence-electron chi connectivity index (χ1n) is 8.69. The zero-order chi connectivity index (χ0) is 21.9. The highest BCUT2D eigenvalue weighted by Gasteiger charge is 2.24. The molecule has 2 atom stereocenters. The Balaban J connectivity index is 4.81. The van der Waals surface area contributed by atoms with Crippen LogP contribution in [0.3, 0.4) is 0 Å². The minimum absolute atomic E-state index is 0.0185. The fraction of sp³-hybridized carbons (Fsp3) is 0.706. The lowest BCUT2D eigenvalue weighted by atomic mass is 10.1. The third-order valence-corrected chi connectivity index (χ3v) is 6.45. The number of urea groups is 1. The van der Waals surface area contributed by atoms with Gasteiger partial charge in [-0.3, -0.25) is 9.59 Å². The summed E-state index contributed by atoms with van der Waals surface area (Å²) in [7, 11) is 2.99. The molecule has 0 unspecified atom stereocenters. The largest absolute Gasteiger partial charge is 0.480 e. The molecule has 0 spiro atoms. The van der Waals surface area contributed by atoms with Crippen LogP contribution in [0.1, 0.15) is 47.5 Å². The minimum atomic E-state index is -1.29. The molecule has 0 bridgehead atoms. The van der Waals surface area contributed by atoms with Gasteiger partial charge in [0.15, 0.2) is 5.78 Å². The molecule has 0 saturated heterocycles. The average Bonchev–Trinajstić information content (AvgIpc) is 2.53. The van der Waals surface area contributed by atoms with Crippen LogP contribution in [0.15, 0.2) is 0 Å². The lowest BCUT2D eigenvalue weighted by Crippen LogP contribution is -2.52. The number of carboxylic acid groups (broad SMARTS) is 1. The molecule has 0 aromatic carbocycles. The minimum Gasteiger partial charge on any atom is -0.480 e. The SMILES string of the molecule is CC(=O)CCC(=O)[C@H](CSSC(C)(C)C)NC(=O)NC[C@H](NC(C)=O)C(=O)O. The first kappa shape index (κ1) is 26.2. The standard InChI is InChI=1S/C17H29N3O6S2/c1-10(21)6-7-14(23)13(9-27-28-17(3,4)5)20-16(26)18-8-12(15(24)25)19-11(2)22/h12-13H,6-9H2,1-5H3,(H,19,22)(H,24,25)(H2,18,20,26)/t12-,13-/m0/s1. The lowest BCUT2D eigenvalue weighted by molar-refractivity contribution is -0.141. The second-order valence-electron chi connectivity index (χ2n) is 7.15. The molecule has 0 heterocycles. The third-order valence-electron chi connectivity index (χ3n) is 3.10. The summed E-state index contributed by atoms with van der Waals surface area (Å²) >= 11 is 0. The molecule has 9 nitrogen and oxygen atoms in total. The Morgan fingerprint density at radius 2 is 1.57 bits per heavy atom. The zero-order valence-corrected chi connectivity index (χ0v) is 18.4.